The van der Waals surface area contributed by atoms with Crippen molar-refractivity contribution in [1.29, 1.82) is 0 Å². The largest absolute Gasteiger partial charge is 0.478 e. The number of hydrogen-bond donors (Lipinski definition) is 3. The summed E-state index contributed by atoms with van der Waals surface area (Å²) in [7, 11) is 0. The first-order chi connectivity index (χ1) is 8.04. The third kappa shape index (κ3) is 4.20. The van der Waals surface area contributed by atoms with Gasteiger partial charge in [-0.25, -0.2) is 4.79 Å². The maximum absolute atomic E-state index is 10.8. The Kier molecular flexibility index (Phi) is 5.18. The number of hydrogen-bond acceptors (Lipinski definition) is 2. The van der Waals surface area contributed by atoms with Gasteiger partial charge >= 0.3 is 5.97 Å². The minimum Gasteiger partial charge on any atom is -0.478 e. The fraction of sp³-hybridized carbons (Fsp3) is 0.273. The van der Waals surface area contributed by atoms with Crippen LogP contribution in [0.25, 0.3) is 0 Å². The Balaban J connectivity index is 2.79. The molecule has 0 bridgehead atoms. The summed E-state index contributed by atoms with van der Waals surface area (Å²) >= 11 is 11.0. The van der Waals surface area contributed by atoms with E-state index in [1.807, 2.05) is 6.92 Å². The van der Waals surface area contributed by atoms with Crippen LogP contribution >= 0.6 is 23.8 Å². The normalized spacial score (nSPS) is 9.76. The third-order valence-electron chi connectivity index (χ3n) is 2.00. The van der Waals surface area contributed by atoms with Crippen molar-refractivity contribution in [2.24, 2.45) is 0 Å². The number of benzene rings is 1. The van der Waals surface area contributed by atoms with E-state index < -0.39 is 5.97 Å². The highest BCUT2D eigenvalue weighted by Gasteiger charge is 2.08. The van der Waals surface area contributed by atoms with Gasteiger partial charge in [-0.15, -0.1) is 0 Å². The van der Waals surface area contributed by atoms with Crippen molar-refractivity contribution in [3.8, 4) is 0 Å². The van der Waals surface area contributed by atoms with E-state index in [-0.39, 0.29) is 5.56 Å². The Morgan fingerprint density at radius 2 is 2.24 bits per heavy atom. The highest BCUT2D eigenvalue weighted by Crippen LogP contribution is 2.22. The van der Waals surface area contributed by atoms with E-state index in [1.165, 1.54) is 18.2 Å². The van der Waals surface area contributed by atoms with Gasteiger partial charge < -0.3 is 15.7 Å². The molecule has 0 saturated heterocycles. The summed E-state index contributed by atoms with van der Waals surface area (Å²) in [4.78, 5) is 10.8. The van der Waals surface area contributed by atoms with Crippen LogP contribution in [0, 0.1) is 0 Å². The molecule has 1 aromatic carbocycles. The first-order valence-electron chi connectivity index (χ1n) is 5.12. The summed E-state index contributed by atoms with van der Waals surface area (Å²) in [6.07, 6.45) is 0.949. The van der Waals surface area contributed by atoms with Crippen LogP contribution in [0.2, 0.25) is 5.02 Å². The number of carboxylic acid groups (broad SMARTS) is 1. The van der Waals surface area contributed by atoms with Crippen LogP contribution in [0.1, 0.15) is 23.7 Å². The average Bonchev–Trinajstić information content (AvgIpc) is 2.29. The number of aromatic carboxylic acids is 1. The van der Waals surface area contributed by atoms with Gasteiger partial charge in [0.1, 0.15) is 0 Å². The molecule has 1 aromatic rings. The summed E-state index contributed by atoms with van der Waals surface area (Å²) in [6, 6.07) is 4.42. The molecule has 0 aromatic heterocycles. The second-order valence-electron chi connectivity index (χ2n) is 3.38. The summed E-state index contributed by atoms with van der Waals surface area (Å²) < 4.78 is 0. The molecule has 0 heterocycles. The van der Waals surface area contributed by atoms with E-state index in [9.17, 15) is 4.79 Å². The molecular weight excluding hydrogens is 260 g/mol. The highest BCUT2D eigenvalue weighted by molar-refractivity contribution is 7.80. The van der Waals surface area contributed by atoms with Crippen LogP contribution < -0.4 is 10.6 Å². The van der Waals surface area contributed by atoms with Crippen molar-refractivity contribution < 1.29 is 9.90 Å². The molecule has 0 saturated carbocycles. The van der Waals surface area contributed by atoms with Gasteiger partial charge in [-0.05, 0) is 36.8 Å². The Hall–Kier alpha value is -1.33. The number of carbonyl (C=O) groups is 1. The average molecular weight is 273 g/mol. The standard InChI is InChI=1S/C11H13ClN2O2S/c1-2-5-13-11(17)14-9-6-7(10(15)16)3-4-8(9)12/h3-4,6H,2,5H2,1H3,(H,15,16)(H2,13,14,17). The van der Waals surface area contributed by atoms with E-state index >= 15 is 0 Å². The molecule has 3 N–H and O–H groups in total. The fourth-order valence-corrected chi connectivity index (χ4v) is 1.54. The molecule has 4 nitrogen and oxygen atoms in total. The maximum atomic E-state index is 10.8. The van der Waals surface area contributed by atoms with Crippen LogP contribution in [0.5, 0.6) is 0 Å². The van der Waals surface area contributed by atoms with Gasteiger partial charge in [0.2, 0.25) is 0 Å². The quantitative estimate of drug-likeness (QED) is 0.736. The number of halogens is 1. The van der Waals surface area contributed by atoms with Crippen LogP contribution in [0.15, 0.2) is 18.2 Å². The number of nitrogens with one attached hydrogen (secondary N) is 2. The lowest BCUT2D eigenvalue weighted by molar-refractivity contribution is 0.0697. The lowest BCUT2D eigenvalue weighted by Gasteiger charge is -2.11. The van der Waals surface area contributed by atoms with Gasteiger partial charge in [-0.2, -0.15) is 0 Å². The van der Waals surface area contributed by atoms with Crippen molar-refractivity contribution in [3.05, 3.63) is 28.8 Å². The molecular formula is C11H13ClN2O2S. The molecule has 0 radical (unpaired) electrons. The number of carboxylic acids is 1. The summed E-state index contributed by atoms with van der Waals surface area (Å²) in [5.74, 6) is -1.00. The zero-order valence-electron chi connectivity index (χ0n) is 9.29. The maximum Gasteiger partial charge on any atom is 0.335 e. The van der Waals surface area contributed by atoms with Crippen LogP contribution in [0.3, 0.4) is 0 Å². The number of thiocarbonyl (C=S) groups is 1. The molecule has 1 rings (SSSR count). The molecule has 0 aliphatic rings. The van der Waals surface area contributed by atoms with Crippen molar-refractivity contribution in [2.45, 2.75) is 13.3 Å². The summed E-state index contributed by atoms with van der Waals surface area (Å²) in [6.45, 7) is 2.77. The lowest BCUT2D eigenvalue weighted by Crippen LogP contribution is -2.29. The van der Waals surface area contributed by atoms with E-state index in [2.05, 4.69) is 10.6 Å². The summed E-state index contributed by atoms with van der Waals surface area (Å²) in [5.41, 5.74) is 0.648. The number of rotatable bonds is 4. The van der Waals surface area contributed by atoms with Gasteiger partial charge in [0.15, 0.2) is 5.11 Å². The molecule has 0 aliphatic heterocycles. The Morgan fingerprint density at radius 1 is 1.53 bits per heavy atom. The predicted molar refractivity (Wildman–Crippen MR) is 72.9 cm³/mol. The first kappa shape index (κ1) is 13.7. The third-order valence-corrected chi connectivity index (χ3v) is 2.57. The molecule has 0 spiro atoms. The zero-order chi connectivity index (χ0) is 12.8. The fourth-order valence-electron chi connectivity index (χ4n) is 1.16. The molecule has 0 aliphatic carbocycles. The number of anilines is 1. The smallest absolute Gasteiger partial charge is 0.335 e. The van der Waals surface area contributed by atoms with E-state index in [0.717, 1.165) is 13.0 Å². The first-order valence-corrected chi connectivity index (χ1v) is 5.91. The van der Waals surface area contributed by atoms with E-state index in [4.69, 9.17) is 28.9 Å². The predicted octanol–water partition coefficient (Wildman–Crippen LogP) is 2.73. The van der Waals surface area contributed by atoms with E-state index in [1.54, 1.807) is 0 Å². The monoisotopic (exact) mass is 272 g/mol. The van der Waals surface area contributed by atoms with Gasteiger partial charge in [0.05, 0.1) is 16.3 Å². The molecule has 92 valence electrons. The van der Waals surface area contributed by atoms with Crippen molar-refractivity contribution in [1.82, 2.24) is 5.32 Å². The second-order valence-corrected chi connectivity index (χ2v) is 4.20. The van der Waals surface area contributed by atoms with Gasteiger partial charge in [0, 0.05) is 6.54 Å². The van der Waals surface area contributed by atoms with Gasteiger partial charge in [-0.1, -0.05) is 18.5 Å². The minimum absolute atomic E-state index is 0.162. The Bertz CT molecular complexity index is 437. The topological polar surface area (TPSA) is 61.4 Å². The van der Waals surface area contributed by atoms with Crippen LogP contribution in [-0.4, -0.2) is 22.7 Å². The minimum atomic E-state index is -1.00. The molecule has 0 unspecified atom stereocenters. The lowest BCUT2D eigenvalue weighted by atomic mass is 10.2. The van der Waals surface area contributed by atoms with Crippen molar-refractivity contribution in [3.63, 3.8) is 0 Å². The van der Waals surface area contributed by atoms with Crippen LogP contribution in [-0.2, 0) is 0 Å². The molecule has 6 heteroatoms. The molecule has 0 fully saturated rings. The SMILES string of the molecule is CCCNC(=S)Nc1cc(C(=O)O)ccc1Cl. The van der Waals surface area contributed by atoms with Gasteiger partial charge in [-0.3, -0.25) is 0 Å². The van der Waals surface area contributed by atoms with Crippen LogP contribution in [0.4, 0.5) is 5.69 Å². The van der Waals surface area contributed by atoms with Gasteiger partial charge in [0.25, 0.3) is 0 Å². The Morgan fingerprint density at radius 3 is 2.82 bits per heavy atom. The van der Waals surface area contributed by atoms with Crippen molar-refractivity contribution >= 4 is 40.6 Å². The summed E-state index contributed by atoms with van der Waals surface area (Å²) in [5, 5.41) is 15.5. The zero-order valence-corrected chi connectivity index (χ0v) is 10.9. The Labute approximate surface area is 110 Å². The molecule has 0 atom stereocenters. The van der Waals surface area contributed by atoms with E-state index in [0.29, 0.717) is 15.8 Å². The second kappa shape index (κ2) is 6.42. The highest BCUT2D eigenvalue weighted by atomic mass is 35.5. The molecule has 17 heavy (non-hydrogen) atoms. The molecule has 0 amide bonds. The van der Waals surface area contributed by atoms with Crippen molar-refractivity contribution in [2.75, 3.05) is 11.9 Å².